The maximum Gasteiger partial charge on any atom is 0.392 e. The number of hydrogen-bond acceptors (Lipinski definition) is 3. The molecule has 1 aromatic carbocycles. The molecule has 0 amide bonds. The highest BCUT2D eigenvalue weighted by molar-refractivity contribution is 5.94. The van der Waals surface area contributed by atoms with Crippen LogP contribution in [0, 0.1) is 6.92 Å². The van der Waals surface area contributed by atoms with Crippen molar-refractivity contribution in [1.29, 1.82) is 0 Å². The fraction of sp³-hybridized carbons (Fsp3) is 0.0769. The number of carbonyl (C=O) groups is 1. The number of carboxylic acid groups (broad SMARTS) is 1. The van der Waals surface area contributed by atoms with Gasteiger partial charge >= 0.3 is 11.9 Å². The lowest BCUT2D eigenvalue weighted by atomic mass is 10.1. The zero-order valence-corrected chi connectivity index (χ0v) is 9.60. The summed E-state index contributed by atoms with van der Waals surface area (Å²) in [5.74, 6) is -1.02. The van der Waals surface area contributed by atoms with Crippen LogP contribution in [0.25, 0.3) is 22.2 Å². The largest absolute Gasteiger partial charge is 0.474 e. The van der Waals surface area contributed by atoms with Gasteiger partial charge in [0, 0.05) is 22.7 Å². The Kier molecular flexibility index (Phi) is 2.19. The van der Waals surface area contributed by atoms with Crippen LogP contribution in [0.1, 0.15) is 16.2 Å². The Bertz CT molecular complexity index is 740. The Labute approximate surface area is 102 Å². The van der Waals surface area contributed by atoms with E-state index >= 15 is 0 Å². The van der Waals surface area contributed by atoms with Crippen molar-refractivity contribution in [3.63, 3.8) is 0 Å². The first-order valence-electron chi connectivity index (χ1n) is 5.42. The molecule has 0 saturated heterocycles. The Morgan fingerprint density at radius 3 is 3.00 bits per heavy atom. The van der Waals surface area contributed by atoms with E-state index in [0.717, 1.165) is 22.0 Å². The van der Waals surface area contributed by atoms with Gasteiger partial charge in [-0.3, -0.25) is 0 Å². The standard InChI is InChI=1S/C13H10N2O3/c1-7-2-3-8-9(5-14-10(8)4-7)11-6-15-12(18-11)13(16)17/h2-6,14H,1H3,(H,16,17). The zero-order valence-electron chi connectivity index (χ0n) is 9.60. The molecule has 0 spiro atoms. The first kappa shape index (κ1) is 10.6. The summed E-state index contributed by atoms with van der Waals surface area (Å²) in [6, 6.07) is 5.99. The number of benzene rings is 1. The van der Waals surface area contributed by atoms with Crippen molar-refractivity contribution < 1.29 is 14.3 Å². The SMILES string of the molecule is Cc1ccc2c(-c3cnc(C(=O)O)o3)c[nH]c2c1. The number of hydrogen-bond donors (Lipinski definition) is 2. The molecule has 5 nitrogen and oxygen atoms in total. The van der Waals surface area contributed by atoms with Gasteiger partial charge in [0.1, 0.15) is 0 Å². The first-order chi connectivity index (χ1) is 8.65. The molecule has 3 aromatic rings. The van der Waals surface area contributed by atoms with E-state index in [4.69, 9.17) is 9.52 Å². The van der Waals surface area contributed by atoms with E-state index in [1.807, 2.05) is 25.1 Å². The second kappa shape index (κ2) is 3.73. The maximum atomic E-state index is 10.7. The average Bonchev–Trinajstić information content (AvgIpc) is 2.92. The molecule has 3 rings (SSSR count). The number of nitrogens with one attached hydrogen (secondary N) is 1. The number of fused-ring (bicyclic) bond motifs is 1. The van der Waals surface area contributed by atoms with E-state index in [2.05, 4.69) is 9.97 Å². The summed E-state index contributed by atoms with van der Waals surface area (Å²) >= 11 is 0. The minimum absolute atomic E-state index is 0.300. The van der Waals surface area contributed by atoms with Gasteiger partial charge in [-0.25, -0.2) is 9.78 Å². The van der Waals surface area contributed by atoms with E-state index in [1.165, 1.54) is 6.20 Å². The van der Waals surface area contributed by atoms with Gasteiger partial charge in [-0.15, -0.1) is 0 Å². The Morgan fingerprint density at radius 1 is 1.44 bits per heavy atom. The normalized spacial score (nSPS) is 10.9. The quantitative estimate of drug-likeness (QED) is 0.724. The third-order valence-corrected chi connectivity index (χ3v) is 2.79. The van der Waals surface area contributed by atoms with Crippen LogP contribution in [0.5, 0.6) is 0 Å². The second-order valence-electron chi connectivity index (χ2n) is 4.09. The molecule has 0 atom stereocenters. The molecule has 18 heavy (non-hydrogen) atoms. The van der Waals surface area contributed by atoms with Crippen molar-refractivity contribution >= 4 is 16.9 Å². The summed E-state index contributed by atoms with van der Waals surface area (Å²) in [6.07, 6.45) is 3.21. The second-order valence-corrected chi connectivity index (χ2v) is 4.09. The highest BCUT2D eigenvalue weighted by Gasteiger charge is 2.15. The number of H-pyrrole nitrogens is 1. The van der Waals surface area contributed by atoms with Crippen molar-refractivity contribution in [2.75, 3.05) is 0 Å². The van der Waals surface area contributed by atoms with Crippen LogP contribution in [0.2, 0.25) is 0 Å². The van der Waals surface area contributed by atoms with Gasteiger partial charge in [-0.2, -0.15) is 0 Å². The van der Waals surface area contributed by atoms with Crippen molar-refractivity contribution in [3.05, 3.63) is 42.0 Å². The van der Waals surface area contributed by atoms with Crippen LogP contribution in [-0.2, 0) is 0 Å². The van der Waals surface area contributed by atoms with E-state index < -0.39 is 5.97 Å². The fourth-order valence-corrected chi connectivity index (χ4v) is 1.94. The zero-order chi connectivity index (χ0) is 12.7. The predicted octanol–water partition coefficient (Wildman–Crippen LogP) is 2.83. The van der Waals surface area contributed by atoms with Crippen LogP contribution in [0.4, 0.5) is 0 Å². The lowest BCUT2D eigenvalue weighted by Crippen LogP contribution is -1.94. The molecule has 0 unspecified atom stereocenters. The molecule has 0 fully saturated rings. The molecular formula is C13H10N2O3. The molecule has 0 radical (unpaired) electrons. The number of aromatic amines is 1. The summed E-state index contributed by atoms with van der Waals surface area (Å²) in [5.41, 5.74) is 2.95. The van der Waals surface area contributed by atoms with Gasteiger partial charge in [0.25, 0.3) is 0 Å². The van der Waals surface area contributed by atoms with Gasteiger partial charge in [0.2, 0.25) is 0 Å². The maximum absolute atomic E-state index is 10.7. The monoisotopic (exact) mass is 242 g/mol. The number of rotatable bonds is 2. The lowest BCUT2D eigenvalue weighted by molar-refractivity contribution is 0.0654. The average molecular weight is 242 g/mol. The molecule has 0 bridgehead atoms. The van der Waals surface area contributed by atoms with Gasteiger partial charge in [0.05, 0.1) is 6.20 Å². The summed E-state index contributed by atoms with van der Waals surface area (Å²) in [7, 11) is 0. The third-order valence-electron chi connectivity index (χ3n) is 2.79. The van der Waals surface area contributed by atoms with Gasteiger partial charge in [0.15, 0.2) is 5.76 Å². The number of aryl methyl sites for hydroxylation is 1. The highest BCUT2D eigenvalue weighted by atomic mass is 16.4. The fourth-order valence-electron chi connectivity index (χ4n) is 1.94. The minimum atomic E-state index is -1.17. The third kappa shape index (κ3) is 1.57. The molecule has 0 aliphatic carbocycles. The minimum Gasteiger partial charge on any atom is -0.474 e. The molecule has 5 heteroatoms. The van der Waals surface area contributed by atoms with E-state index in [-0.39, 0.29) is 5.89 Å². The van der Waals surface area contributed by atoms with Gasteiger partial charge in [-0.1, -0.05) is 12.1 Å². The predicted molar refractivity (Wildman–Crippen MR) is 65.5 cm³/mol. The van der Waals surface area contributed by atoms with E-state index in [9.17, 15) is 4.79 Å². The molecular weight excluding hydrogens is 232 g/mol. The van der Waals surface area contributed by atoms with E-state index in [1.54, 1.807) is 6.20 Å². The van der Waals surface area contributed by atoms with Crippen molar-refractivity contribution in [3.8, 4) is 11.3 Å². The van der Waals surface area contributed by atoms with Gasteiger partial charge in [-0.05, 0) is 18.6 Å². The molecule has 0 aliphatic heterocycles. The summed E-state index contributed by atoms with van der Waals surface area (Å²) in [5, 5.41) is 9.76. The van der Waals surface area contributed by atoms with Crippen LogP contribution >= 0.6 is 0 Å². The summed E-state index contributed by atoms with van der Waals surface area (Å²) in [4.78, 5) is 17.6. The van der Waals surface area contributed by atoms with E-state index in [0.29, 0.717) is 5.76 Å². The number of aromatic nitrogens is 2. The van der Waals surface area contributed by atoms with Gasteiger partial charge < -0.3 is 14.5 Å². The van der Waals surface area contributed by atoms with Crippen LogP contribution in [0.15, 0.2) is 35.0 Å². The Balaban J connectivity index is 2.16. The molecule has 2 aromatic heterocycles. The number of aromatic carboxylic acids is 1. The number of oxazole rings is 1. The smallest absolute Gasteiger partial charge is 0.392 e. The van der Waals surface area contributed by atoms with Crippen molar-refractivity contribution in [2.45, 2.75) is 6.92 Å². The molecule has 0 saturated carbocycles. The Morgan fingerprint density at radius 2 is 2.28 bits per heavy atom. The van der Waals surface area contributed by atoms with Crippen LogP contribution < -0.4 is 0 Å². The first-order valence-corrected chi connectivity index (χ1v) is 5.42. The topological polar surface area (TPSA) is 79.1 Å². The molecule has 2 heterocycles. The molecule has 2 N–H and O–H groups in total. The van der Waals surface area contributed by atoms with Crippen LogP contribution in [0.3, 0.4) is 0 Å². The number of carboxylic acids is 1. The van der Waals surface area contributed by atoms with Crippen molar-refractivity contribution in [1.82, 2.24) is 9.97 Å². The van der Waals surface area contributed by atoms with Crippen LogP contribution in [-0.4, -0.2) is 21.0 Å². The highest BCUT2D eigenvalue weighted by Crippen LogP contribution is 2.29. The number of nitrogens with zero attached hydrogens (tertiary/aromatic N) is 1. The Hall–Kier alpha value is -2.56. The van der Waals surface area contributed by atoms with Crippen molar-refractivity contribution in [2.24, 2.45) is 0 Å². The lowest BCUT2D eigenvalue weighted by Gasteiger charge is -1.95. The summed E-state index contributed by atoms with van der Waals surface area (Å²) < 4.78 is 5.20. The molecule has 90 valence electrons. The summed E-state index contributed by atoms with van der Waals surface area (Å²) in [6.45, 7) is 2.01. The molecule has 0 aliphatic rings.